The second-order valence-corrected chi connectivity index (χ2v) is 9.27. The van der Waals surface area contributed by atoms with Crippen LogP contribution in [-0.2, 0) is 16.6 Å². The van der Waals surface area contributed by atoms with Crippen LogP contribution < -0.4 is 16.6 Å². The number of nitrogens with one attached hydrogen (secondary N) is 3. The number of benzene rings is 1. The number of aryl methyl sites for hydroxylation is 1. The van der Waals surface area contributed by atoms with E-state index in [2.05, 4.69) is 20.2 Å². The number of aromatic nitrogens is 2. The first kappa shape index (κ1) is 22.5. The molecule has 32 heavy (non-hydrogen) atoms. The maximum atomic E-state index is 14.6. The third kappa shape index (κ3) is 4.85. The highest BCUT2D eigenvalue weighted by molar-refractivity contribution is 5.79. The molecular weight excluding hydrogens is 411 g/mol. The Hall–Kier alpha value is -2.74. The summed E-state index contributed by atoms with van der Waals surface area (Å²) in [5.74, 6) is -0.327. The van der Waals surface area contributed by atoms with Gasteiger partial charge >= 0.3 is 5.69 Å². The minimum atomic E-state index is -0.570. The summed E-state index contributed by atoms with van der Waals surface area (Å²) < 4.78 is 14.6. The van der Waals surface area contributed by atoms with Crippen molar-refractivity contribution in [2.75, 3.05) is 19.6 Å². The molecule has 2 aliphatic rings. The molecule has 1 aromatic carbocycles. The summed E-state index contributed by atoms with van der Waals surface area (Å²) in [6.45, 7) is 4.16. The molecule has 2 aromatic rings. The van der Waals surface area contributed by atoms with Crippen molar-refractivity contribution < 1.29 is 9.18 Å². The zero-order chi connectivity index (χ0) is 22.7. The highest BCUT2D eigenvalue weighted by atomic mass is 19.1. The fourth-order valence-corrected chi connectivity index (χ4v) is 5.40. The molecule has 0 spiro atoms. The molecule has 1 amide bonds. The highest BCUT2D eigenvalue weighted by Gasteiger charge is 2.39. The topological polar surface area (TPSA) is 98.1 Å². The van der Waals surface area contributed by atoms with E-state index in [-0.39, 0.29) is 35.2 Å². The van der Waals surface area contributed by atoms with E-state index in [4.69, 9.17) is 0 Å². The molecule has 1 aliphatic heterocycles. The standard InChI is InChI=1S/C24H31FN4O3/c1-16-18(22(31)28-23(32)26-16)14-21(30)27-17-8-12-29(13-9-17)15-24(10-4-5-11-24)19-6-2-3-7-20(19)25/h2-3,6-7,17H,4-5,8-15H2,1H3,(H,27,30)(H2,26,28,31,32). The van der Waals surface area contributed by atoms with Gasteiger partial charge < -0.3 is 15.2 Å². The van der Waals surface area contributed by atoms with E-state index >= 15 is 0 Å². The third-order valence-electron chi connectivity index (χ3n) is 7.08. The molecule has 0 atom stereocenters. The van der Waals surface area contributed by atoms with Gasteiger partial charge in [-0.15, -0.1) is 0 Å². The number of H-pyrrole nitrogens is 2. The minimum absolute atomic E-state index is 0.0499. The lowest BCUT2D eigenvalue weighted by Crippen LogP contribution is -2.49. The van der Waals surface area contributed by atoms with Gasteiger partial charge in [-0.3, -0.25) is 14.6 Å². The Balaban J connectivity index is 1.33. The van der Waals surface area contributed by atoms with Crippen molar-refractivity contribution in [1.29, 1.82) is 0 Å². The smallest absolute Gasteiger partial charge is 0.325 e. The fraction of sp³-hybridized carbons (Fsp3) is 0.542. The number of rotatable bonds is 6. The lowest BCUT2D eigenvalue weighted by atomic mass is 9.77. The zero-order valence-corrected chi connectivity index (χ0v) is 18.5. The molecule has 2 heterocycles. The number of aromatic amines is 2. The van der Waals surface area contributed by atoms with Crippen LogP contribution in [0.25, 0.3) is 0 Å². The summed E-state index contributed by atoms with van der Waals surface area (Å²) in [5.41, 5.74) is 0.330. The van der Waals surface area contributed by atoms with Crippen molar-refractivity contribution in [2.45, 2.75) is 63.3 Å². The molecule has 4 rings (SSSR count). The summed E-state index contributed by atoms with van der Waals surface area (Å²) in [6.07, 6.45) is 5.86. The van der Waals surface area contributed by atoms with Crippen LogP contribution in [0.15, 0.2) is 33.9 Å². The maximum absolute atomic E-state index is 14.6. The molecule has 3 N–H and O–H groups in total. The summed E-state index contributed by atoms with van der Waals surface area (Å²) in [4.78, 5) is 42.9. The van der Waals surface area contributed by atoms with Gasteiger partial charge in [0, 0.05) is 42.3 Å². The van der Waals surface area contributed by atoms with Crippen molar-refractivity contribution >= 4 is 5.91 Å². The van der Waals surface area contributed by atoms with Gasteiger partial charge in [-0.1, -0.05) is 31.0 Å². The van der Waals surface area contributed by atoms with Gasteiger partial charge in [-0.25, -0.2) is 9.18 Å². The Morgan fingerprint density at radius 2 is 1.84 bits per heavy atom. The van der Waals surface area contributed by atoms with Crippen molar-refractivity contribution in [3.8, 4) is 0 Å². The fourth-order valence-electron chi connectivity index (χ4n) is 5.40. The molecule has 2 fully saturated rings. The van der Waals surface area contributed by atoms with Crippen LogP contribution in [0.2, 0.25) is 0 Å². The van der Waals surface area contributed by atoms with E-state index in [0.717, 1.165) is 63.7 Å². The number of piperidine rings is 1. The van der Waals surface area contributed by atoms with Crippen LogP contribution in [0.3, 0.4) is 0 Å². The normalized spacial score (nSPS) is 19.2. The number of hydrogen-bond donors (Lipinski definition) is 3. The van der Waals surface area contributed by atoms with E-state index in [1.807, 2.05) is 12.1 Å². The van der Waals surface area contributed by atoms with E-state index in [0.29, 0.717) is 5.69 Å². The van der Waals surface area contributed by atoms with Gasteiger partial charge in [0.1, 0.15) is 5.82 Å². The van der Waals surface area contributed by atoms with Gasteiger partial charge in [0.05, 0.1) is 6.42 Å². The first-order chi connectivity index (χ1) is 15.4. The molecule has 0 radical (unpaired) electrons. The molecular formula is C24H31FN4O3. The van der Waals surface area contributed by atoms with E-state index in [1.165, 1.54) is 0 Å². The largest absolute Gasteiger partial charge is 0.353 e. The Labute approximate surface area is 186 Å². The maximum Gasteiger partial charge on any atom is 0.325 e. The zero-order valence-electron chi connectivity index (χ0n) is 18.5. The molecule has 0 bridgehead atoms. The predicted octanol–water partition coefficient (Wildman–Crippen LogP) is 2.15. The van der Waals surface area contributed by atoms with Crippen LogP contribution in [0, 0.1) is 12.7 Å². The lowest BCUT2D eigenvalue weighted by Gasteiger charge is -2.39. The molecule has 0 unspecified atom stereocenters. The van der Waals surface area contributed by atoms with Crippen LogP contribution in [0.1, 0.15) is 55.3 Å². The van der Waals surface area contributed by atoms with Crippen LogP contribution in [0.5, 0.6) is 0 Å². The van der Waals surface area contributed by atoms with E-state index in [1.54, 1.807) is 19.1 Å². The Bertz CT molecular complexity index is 1080. The van der Waals surface area contributed by atoms with Gasteiger partial charge in [-0.2, -0.15) is 0 Å². The Morgan fingerprint density at radius 1 is 1.16 bits per heavy atom. The predicted molar refractivity (Wildman–Crippen MR) is 120 cm³/mol. The minimum Gasteiger partial charge on any atom is -0.353 e. The number of likely N-dealkylation sites (tertiary alicyclic amines) is 1. The van der Waals surface area contributed by atoms with Gasteiger partial charge in [-0.05, 0) is 44.2 Å². The monoisotopic (exact) mass is 442 g/mol. The third-order valence-corrected chi connectivity index (χ3v) is 7.08. The number of carbonyl (C=O) groups excluding carboxylic acids is 1. The van der Waals surface area contributed by atoms with E-state index in [9.17, 15) is 18.8 Å². The first-order valence-corrected chi connectivity index (χ1v) is 11.5. The Kier molecular flexibility index (Phi) is 6.60. The number of carbonyl (C=O) groups is 1. The number of halogens is 1. The summed E-state index contributed by atoms with van der Waals surface area (Å²) in [7, 11) is 0. The highest BCUT2D eigenvalue weighted by Crippen LogP contribution is 2.43. The van der Waals surface area contributed by atoms with Crippen molar-refractivity contribution in [2.24, 2.45) is 0 Å². The van der Waals surface area contributed by atoms with Crippen LogP contribution >= 0.6 is 0 Å². The average Bonchev–Trinajstić information content (AvgIpc) is 3.22. The molecule has 172 valence electrons. The van der Waals surface area contributed by atoms with Crippen molar-refractivity contribution in [3.05, 3.63) is 67.7 Å². The number of hydrogen-bond acceptors (Lipinski definition) is 4. The average molecular weight is 443 g/mol. The Morgan fingerprint density at radius 3 is 2.50 bits per heavy atom. The quantitative estimate of drug-likeness (QED) is 0.639. The van der Waals surface area contributed by atoms with Crippen LogP contribution in [-0.4, -0.2) is 46.5 Å². The molecule has 1 saturated carbocycles. The number of amides is 1. The second-order valence-electron chi connectivity index (χ2n) is 9.27. The summed E-state index contributed by atoms with van der Waals surface area (Å²) in [6, 6.07) is 7.22. The van der Waals surface area contributed by atoms with Crippen molar-refractivity contribution in [3.63, 3.8) is 0 Å². The number of nitrogens with zero attached hydrogens (tertiary/aromatic N) is 1. The first-order valence-electron chi connectivity index (χ1n) is 11.5. The van der Waals surface area contributed by atoms with E-state index < -0.39 is 11.2 Å². The second kappa shape index (κ2) is 9.40. The van der Waals surface area contributed by atoms with Crippen molar-refractivity contribution in [1.82, 2.24) is 20.2 Å². The molecule has 1 saturated heterocycles. The molecule has 7 nitrogen and oxygen atoms in total. The van der Waals surface area contributed by atoms with Gasteiger partial charge in [0.15, 0.2) is 0 Å². The molecule has 8 heteroatoms. The molecule has 1 aliphatic carbocycles. The summed E-state index contributed by atoms with van der Waals surface area (Å²) >= 11 is 0. The lowest BCUT2D eigenvalue weighted by molar-refractivity contribution is -0.121. The summed E-state index contributed by atoms with van der Waals surface area (Å²) in [5, 5.41) is 3.03. The molecule has 1 aromatic heterocycles. The van der Waals surface area contributed by atoms with Gasteiger partial charge in [0.2, 0.25) is 5.91 Å². The SMILES string of the molecule is Cc1[nH]c(=O)[nH]c(=O)c1CC(=O)NC1CCN(CC2(c3ccccc3F)CCCC2)CC1. The van der Waals surface area contributed by atoms with Crippen LogP contribution in [0.4, 0.5) is 4.39 Å². The van der Waals surface area contributed by atoms with Gasteiger partial charge in [0.25, 0.3) is 5.56 Å².